The van der Waals surface area contributed by atoms with Crippen molar-refractivity contribution in [3.05, 3.63) is 11.6 Å². The number of carbonyl (C=O) groups excluding carboxylic acids is 1. The van der Waals surface area contributed by atoms with E-state index >= 15 is 0 Å². The van der Waals surface area contributed by atoms with Crippen LogP contribution in [-0.4, -0.2) is 63.2 Å². The topological polar surface area (TPSA) is 87.2 Å². The Hall–Kier alpha value is -2.16. The predicted molar refractivity (Wildman–Crippen MR) is 87.5 cm³/mol. The number of hydrogen-bond donors (Lipinski definition) is 1. The third-order valence-electron chi connectivity index (χ3n) is 3.41. The Morgan fingerprint density at radius 3 is 2.65 bits per heavy atom. The van der Waals surface area contributed by atoms with Crippen LogP contribution in [0, 0.1) is 0 Å². The monoisotopic (exact) mass is 336 g/mol. The summed E-state index contributed by atoms with van der Waals surface area (Å²) in [5.41, 5.74) is 0.351. The average molecular weight is 336 g/mol. The molecule has 0 radical (unpaired) electrons. The molecule has 1 aliphatic heterocycles. The molecule has 1 fully saturated rings. The van der Waals surface area contributed by atoms with Gasteiger partial charge in [-0.15, -0.1) is 16.4 Å². The van der Waals surface area contributed by atoms with Gasteiger partial charge in [0.25, 0.3) is 0 Å². The molecular formula is C14H20N6O2S. The highest BCUT2D eigenvalue weighted by molar-refractivity contribution is 7.13. The van der Waals surface area contributed by atoms with Gasteiger partial charge in [0.15, 0.2) is 5.82 Å². The highest BCUT2D eigenvalue weighted by atomic mass is 32.1. The summed E-state index contributed by atoms with van der Waals surface area (Å²) in [4.78, 5) is 20.2. The van der Waals surface area contributed by atoms with E-state index in [-0.39, 0.29) is 6.09 Å². The fourth-order valence-corrected chi connectivity index (χ4v) is 2.99. The van der Waals surface area contributed by atoms with Gasteiger partial charge < -0.3 is 14.5 Å². The van der Waals surface area contributed by atoms with Crippen LogP contribution < -0.4 is 4.90 Å². The number of rotatable bonds is 2. The second-order valence-corrected chi connectivity index (χ2v) is 7.20. The maximum atomic E-state index is 12.1. The highest BCUT2D eigenvalue weighted by Gasteiger charge is 2.28. The number of thiazole rings is 1. The van der Waals surface area contributed by atoms with Gasteiger partial charge in [0.05, 0.1) is 0 Å². The first-order chi connectivity index (χ1) is 10.9. The van der Waals surface area contributed by atoms with Gasteiger partial charge in [0, 0.05) is 37.8 Å². The number of aromatic amines is 1. The van der Waals surface area contributed by atoms with Gasteiger partial charge in [-0.25, -0.2) is 9.78 Å². The van der Waals surface area contributed by atoms with Crippen molar-refractivity contribution >= 4 is 23.2 Å². The minimum atomic E-state index is -0.474. The Labute approximate surface area is 138 Å². The second kappa shape index (κ2) is 6.15. The first kappa shape index (κ1) is 15.7. The van der Waals surface area contributed by atoms with E-state index in [4.69, 9.17) is 4.74 Å². The van der Waals surface area contributed by atoms with Crippen molar-refractivity contribution in [1.82, 2.24) is 25.3 Å². The largest absolute Gasteiger partial charge is 0.444 e. The molecule has 0 saturated carbocycles. The molecule has 8 nitrogen and oxygen atoms in total. The zero-order valence-corrected chi connectivity index (χ0v) is 14.3. The van der Waals surface area contributed by atoms with E-state index in [0.29, 0.717) is 26.2 Å². The van der Waals surface area contributed by atoms with E-state index in [0.717, 1.165) is 16.5 Å². The summed E-state index contributed by atoms with van der Waals surface area (Å²) >= 11 is 1.54. The number of amides is 1. The number of ether oxygens (including phenoxy) is 1. The Morgan fingerprint density at radius 2 is 2.04 bits per heavy atom. The zero-order chi connectivity index (χ0) is 16.4. The van der Waals surface area contributed by atoms with Crippen LogP contribution in [0.25, 0.3) is 10.7 Å². The van der Waals surface area contributed by atoms with Crippen molar-refractivity contribution in [2.24, 2.45) is 0 Å². The summed E-state index contributed by atoms with van der Waals surface area (Å²) in [5.74, 6) is 0.781. The van der Waals surface area contributed by atoms with E-state index in [1.165, 1.54) is 11.3 Å². The molecular weight excluding hydrogens is 316 g/mol. The predicted octanol–water partition coefficient (Wildman–Crippen LogP) is 1.99. The maximum Gasteiger partial charge on any atom is 0.410 e. The van der Waals surface area contributed by atoms with E-state index in [1.807, 2.05) is 26.2 Å². The summed E-state index contributed by atoms with van der Waals surface area (Å²) in [5, 5.41) is 13.8. The molecule has 0 aromatic carbocycles. The van der Waals surface area contributed by atoms with Crippen LogP contribution in [0.4, 0.5) is 10.6 Å². The maximum absolute atomic E-state index is 12.1. The number of piperazine rings is 1. The molecule has 9 heteroatoms. The van der Waals surface area contributed by atoms with E-state index in [2.05, 4.69) is 25.3 Å². The number of nitrogens with one attached hydrogen (secondary N) is 1. The van der Waals surface area contributed by atoms with Crippen molar-refractivity contribution in [2.75, 3.05) is 31.1 Å². The van der Waals surface area contributed by atoms with E-state index in [1.54, 1.807) is 11.1 Å². The lowest BCUT2D eigenvalue weighted by atomic mass is 10.2. The standard InChI is InChI=1S/C14H20N6O2S/c1-14(2,3)22-13(21)20-7-5-19(6-8-20)11-10(16-18-17-11)12-15-4-9-23-12/h4,9H,5-8H2,1-3H3,(H,16,17,18). The van der Waals surface area contributed by atoms with Crippen LogP contribution in [-0.2, 0) is 4.74 Å². The molecule has 0 aliphatic carbocycles. The van der Waals surface area contributed by atoms with E-state index < -0.39 is 5.60 Å². The lowest BCUT2D eigenvalue weighted by Gasteiger charge is -2.35. The third kappa shape index (κ3) is 3.61. The molecule has 0 atom stereocenters. The SMILES string of the molecule is CC(C)(C)OC(=O)N1CCN(c2nn[nH]c2-c2nccs2)CC1. The Bertz CT molecular complexity index is 655. The molecule has 0 spiro atoms. The average Bonchev–Trinajstić information content (AvgIpc) is 3.16. The molecule has 1 aliphatic rings. The van der Waals surface area contributed by atoms with Gasteiger partial charge in [-0.05, 0) is 20.8 Å². The van der Waals surface area contributed by atoms with Crippen LogP contribution >= 0.6 is 11.3 Å². The second-order valence-electron chi connectivity index (χ2n) is 6.30. The summed E-state index contributed by atoms with van der Waals surface area (Å²) in [6, 6.07) is 0. The number of aromatic nitrogens is 4. The summed E-state index contributed by atoms with van der Waals surface area (Å²) in [7, 11) is 0. The molecule has 1 amide bonds. The minimum Gasteiger partial charge on any atom is -0.444 e. The Kier molecular flexibility index (Phi) is 4.20. The van der Waals surface area contributed by atoms with Crippen LogP contribution in [0.2, 0.25) is 0 Å². The van der Waals surface area contributed by atoms with Gasteiger partial charge in [0.2, 0.25) is 0 Å². The van der Waals surface area contributed by atoms with Crippen molar-refractivity contribution < 1.29 is 9.53 Å². The van der Waals surface area contributed by atoms with Crippen molar-refractivity contribution in [3.63, 3.8) is 0 Å². The van der Waals surface area contributed by atoms with Crippen molar-refractivity contribution in [3.8, 4) is 10.7 Å². The minimum absolute atomic E-state index is 0.266. The van der Waals surface area contributed by atoms with Gasteiger partial charge in [-0.3, -0.25) is 5.10 Å². The fourth-order valence-electron chi connectivity index (χ4n) is 2.36. The van der Waals surface area contributed by atoms with E-state index in [9.17, 15) is 4.79 Å². The molecule has 2 aromatic rings. The first-order valence-electron chi connectivity index (χ1n) is 7.48. The number of nitrogens with zero attached hydrogens (tertiary/aromatic N) is 5. The third-order valence-corrected chi connectivity index (χ3v) is 4.20. The first-order valence-corrected chi connectivity index (χ1v) is 8.36. The Morgan fingerprint density at radius 1 is 1.30 bits per heavy atom. The molecule has 1 N–H and O–H groups in total. The lowest BCUT2D eigenvalue weighted by molar-refractivity contribution is 0.0240. The highest BCUT2D eigenvalue weighted by Crippen LogP contribution is 2.28. The molecule has 3 heterocycles. The number of carbonyl (C=O) groups is 1. The van der Waals surface area contributed by atoms with Crippen LogP contribution in [0.1, 0.15) is 20.8 Å². The van der Waals surface area contributed by atoms with Gasteiger partial charge in [0.1, 0.15) is 16.3 Å². The summed E-state index contributed by atoms with van der Waals surface area (Å²) in [6.07, 6.45) is 1.49. The smallest absolute Gasteiger partial charge is 0.410 e. The van der Waals surface area contributed by atoms with Crippen molar-refractivity contribution in [2.45, 2.75) is 26.4 Å². The summed E-state index contributed by atoms with van der Waals surface area (Å²) in [6.45, 7) is 8.18. The quantitative estimate of drug-likeness (QED) is 0.902. The Balaban J connectivity index is 1.64. The molecule has 2 aromatic heterocycles. The summed E-state index contributed by atoms with van der Waals surface area (Å²) < 4.78 is 5.41. The fraction of sp³-hybridized carbons (Fsp3) is 0.571. The van der Waals surface area contributed by atoms with Crippen LogP contribution in [0.15, 0.2) is 11.6 Å². The van der Waals surface area contributed by atoms with Crippen molar-refractivity contribution in [1.29, 1.82) is 0 Å². The van der Waals surface area contributed by atoms with Gasteiger partial charge >= 0.3 is 6.09 Å². The van der Waals surface area contributed by atoms with Gasteiger partial charge in [-0.2, -0.15) is 0 Å². The molecule has 124 valence electrons. The lowest BCUT2D eigenvalue weighted by Crippen LogP contribution is -2.50. The van der Waals surface area contributed by atoms with Crippen LogP contribution in [0.5, 0.6) is 0 Å². The normalized spacial score (nSPS) is 15.8. The molecule has 23 heavy (non-hydrogen) atoms. The number of H-pyrrole nitrogens is 1. The van der Waals surface area contributed by atoms with Crippen LogP contribution in [0.3, 0.4) is 0 Å². The molecule has 0 bridgehead atoms. The van der Waals surface area contributed by atoms with Gasteiger partial charge in [-0.1, -0.05) is 5.21 Å². The molecule has 3 rings (SSSR count). The zero-order valence-electron chi connectivity index (χ0n) is 13.4. The number of anilines is 1. The molecule has 0 unspecified atom stereocenters. The number of hydrogen-bond acceptors (Lipinski definition) is 7. The molecule has 1 saturated heterocycles.